The highest BCUT2D eigenvalue weighted by Gasteiger charge is 2.35. The van der Waals surface area contributed by atoms with Crippen molar-refractivity contribution in [1.82, 2.24) is 0 Å². The fourth-order valence-electron chi connectivity index (χ4n) is 2.99. The monoisotopic (exact) mass is 326 g/mol. The first-order valence-electron chi connectivity index (χ1n) is 7.88. The number of halogens is 1. The zero-order valence-corrected chi connectivity index (χ0v) is 13.7. The Kier molecular flexibility index (Phi) is 4.34. The highest BCUT2D eigenvalue weighted by atomic mass is 19.1. The maximum atomic E-state index is 13.0. The van der Waals surface area contributed by atoms with E-state index in [0.717, 1.165) is 16.8 Å². The Labute approximate surface area is 140 Å². The first-order valence-corrected chi connectivity index (χ1v) is 7.88. The summed E-state index contributed by atoms with van der Waals surface area (Å²) < 4.78 is 13.0. The summed E-state index contributed by atoms with van der Waals surface area (Å²) in [4.78, 5) is 26.3. The topological polar surface area (TPSA) is 49.4 Å². The van der Waals surface area contributed by atoms with Crippen LogP contribution >= 0.6 is 0 Å². The predicted molar refractivity (Wildman–Crippen MR) is 91.4 cm³/mol. The molecule has 5 heteroatoms. The van der Waals surface area contributed by atoms with Crippen LogP contribution in [0.1, 0.15) is 17.5 Å². The molecule has 1 aliphatic heterocycles. The lowest BCUT2D eigenvalue weighted by atomic mass is 10.1. The van der Waals surface area contributed by atoms with E-state index in [0.29, 0.717) is 12.2 Å². The van der Waals surface area contributed by atoms with Crippen molar-refractivity contribution < 1.29 is 14.0 Å². The molecular weight excluding hydrogens is 307 g/mol. The van der Waals surface area contributed by atoms with E-state index in [-0.39, 0.29) is 24.1 Å². The van der Waals surface area contributed by atoms with Crippen LogP contribution in [0.3, 0.4) is 0 Å². The van der Waals surface area contributed by atoms with Gasteiger partial charge >= 0.3 is 0 Å². The van der Waals surface area contributed by atoms with Crippen LogP contribution in [0.25, 0.3) is 0 Å². The summed E-state index contributed by atoms with van der Waals surface area (Å²) in [6.45, 7) is 4.18. The minimum Gasteiger partial charge on any atom is -0.325 e. The van der Waals surface area contributed by atoms with Crippen molar-refractivity contribution in [2.24, 2.45) is 5.92 Å². The van der Waals surface area contributed by atoms with Gasteiger partial charge in [-0.15, -0.1) is 0 Å². The molecule has 0 unspecified atom stereocenters. The van der Waals surface area contributed by atoms with Crippen LogP contribution in [0, 0.1) is 25.6 Å². The number of nitrogens with zero attached hydrogens (tertiary/aromatic N) is 1. The highest BCUT2D eigenvalue weighted by molar-refractivity contribution is 6.03. The van der Waals surface area contributed by atoms with E-state index in [4.69, 9.17) is 0 Å². The molecule has 24 heavy (non-hydrogen) atoms. The average molecular weight is 326 g/mol. The van der Waals surface area contributed by atoms with Crippen LogP contribution in [0.5, 0.6) is 0 Å². The molecule has 1 N–H and O–H groups in total. The molecule has 3 rings (SSSR count). The molecule has 1 atom stereocenters. The molecule has 0 saturated carbocycles. The van der Waals surface area contributed by atoms with E-state index in [1.807, 2.05) is 32.0 Å². The Morgan fingerprint density at radius 3 is 2.38 bits per heavy atom. The van der Waals surface area contributed by atoms with E-state index in [9.17, 15) is 14.0 Å². The van der Waals surface area contributed by atoms with Crippen LogP contribution in [0.15, 0.2) is 42.5 Å². The lowest BCUT2D eigenvalue weighted by Crippen LogP contribution is -2.28. The Morgan fingerprint density at radius 2 is 1.75 bits per heavy atom. The first-order chi connectivity index (χ1) is 11.5. The summed E-state index contributed by atoms with van der Waals surface area (Å²) in [6, 6.07) is 11.5. The SMILES string of the molecule is Cc1cccc(C)c1NC(=O)[C@H]1CC(=O)N(c2ccc(F)cc2)C1. The molecule has 1 aliphatic rings. The summed E-state index contributed by atoms with van der Waals surface area (Å²) in [7, 11) is 0. The first kappa shape index (κ1) is 16.2. The zero-order valence-electron chi connectivity index (χ0n) is 13.7. The second kappa shape index (κ2) is 6.43. The van der Waals surface area contributed by atoms with Gasteiger partial charge in [0.05, 0.1) is 5.92 Å². The van der Waals surface area contributed by atoms with Crippen molar-refractivity contribution in [1.29, 1.82) is 0 Å². The normalized spacial score (nSPS) is 17.2. The number of hydrogen-bond acceptors (Lipinski definition) is 2. The average Bonchev–Trinajstić information content (AvgIpc) is 2.94. The van der Waals surface area contributed by atoms with E-state index >= 15 is 0 Å². The molecule has 2 aromatic rings. The molecular formula is C19H19FN2O2. The summed E-state index contributed by atoms with van der Waals surface area (Å²) >= 11 is 0. The number of amides is 2. The number of carbonyl (C=O) groups excluding carboxylic acids is 2. The van der Waals surface area contributed by atoms with Gasteiger partial charge in [-0.05, 0) is 49.2 Å². The molecule has 0 aliphatic carbocycles. The van der Waals surface area contributed by atoms with Gasteiger partial charge in [-0.2, -0.15) is 0 Å². The summed E-state index contributed by atoms with van der Waals surface area (Å²) in [5.41, 5.74) is 3.39. The number of hydrogen-bond donors (Lipinski definition) is 1. The number of carbonyl (C=O) groups is 2. The third-order valence-corrected chi connectivity index (χ3v) is 4.36. The molecule has 2 aromatic carbocycles. The largest absolute Gasteiger partial charge is 0.325 e. The van der Waals surface area contributed by atoms with Gasteiger partial charge in [0, 0.05) is 24.3 Å². The number of aryl methyl sites for hydroxylation is 2. The number of para-hydroxylation sites is 1. The Balaban J connectivity index is 1.73. The summed E-state index contributed by atoms with van der Waals surface area (Å²) in [5.74, 6) is -1.05. The van der Waals surface area contributed by atoms with Crippen LogP contribution < -0.4 is 10.2 Å². The number of benzene rings is 2. The summed E-state index contributed by atoms with van der Waals surface area (Å²) in [6.07, 6.45) is 0.161. The van der Waals surface area contributed by atoms with Crippen LogP contribution in [0.2, 0.25) is 0 Å². The van der Waals surface area contributed by atoms with Gasteiger partial charge in [-0.3, -0.25) is 9.59 Å². The second-order valence-corrected chi connectivity index (χ2v) is 6.14. The molecule has 0 bridgehead atoms. The van der Waals surface area contributed by atoms with Crippen molar-refractivity contribution in [3.05, 3.63) is 59.4 Å². The Bertz CT molecular complexity index is 766. The minimum atomic E-state index is -0.415. The highest BCUT2D eigenvalue weighted by Crippen LogP contribution is 2.27. The van der Waals surface area contributed by atoms with Crippen molar-refractivity contribution in [2.75, 3.05) is 16.8 Å². The van der Waals surface area contributed by atoms with Crippen molar-refractivity contribution in [3.63, 3.8) is 0 Å². The molecule has 1 heterocycles. The lowest BCUT2D eigenvalue weighted by molar-refractivity contribution is -0.122. The van der Waals surface area contributed by atoms with Gasteiger partial charge in [0.25, 0.3) is 0 Å². The quantitative estimate of drug-likeness (QED) is 0.939. The molecule has 4 nitrogen and oxygen atoms in total. The fourth-order valence-corrected chi connectivity index (χ4v) is 2.99. The maximum Gasteiger partial charge on any atom is 0.229 e. The van der Waals surface area contributed by atoms with Crippen molar-refractivity contribution in [2.45, 2.75) is 20.3 Å². The van der Waals surface area contributed by atoms with Gasteiger partial charge in [0.2, 0.25) is 11.8 Å². The van der Waals surface area contributed by atoms with Gasteiger partial charge in [0.15, 0.2) is 0 Å². The lowest BCUT2D eigenvalue weighted by Gasteiger charge is -2.17. The van der Waals surface area contributed by atoms with E-state index in [1.54, 1.807) is 12.1 Å². The zero-order chi connectivity index (χ0) is 17.3. The van der Waals surface area contributed by atoms with E-state index in [1.165, 1.54) is 17.0 Å². The standard InChI is InChI=1S/C19H19FN2O2/c1-12-4-3-5-13(2)18(12)21-19(24)14-10-17(23)22(11-14)16-8-6-15(20)7-9-16/h3-9,14H,10-11H2,1-2H3,(H,21,24)/t14-/m0/s1. The molecule has 124 valence electrons. The molecule has 0 radical (unpaired) electrons. The number of anilines is 2. The molecule has 0 spiro atoms. The Hall–Kier alpha value is -2.69. The van der Waals surface area contributed by atoms with Gasteiger partial charge in [0.1, 0.15) is 5.82 Å². The minimum absolute atomic E-state index is 0.122. The number of rotatable bonds is 3. The van der Waals surface area contributed by atoms with Gasteiger partial charge < -0.3 is 10.2 Å². The van der Waals surface area contributed by atoms with Gasteiger partial charge in [-0.25, -0.2) is 4.39 Å². The van der Waals surface area contributed by atoms with E-state index < -0.39 is 5.92 Å². The van der Waals surface area contributed by atoms with Crippen molar-refractivity contribution in [3.8, 4) is 0 Å². The maximum absolute atomic E-state index is 13.0. The predicted octanol–water partition coefficient (Wildman–Crippen LogP) is 3.43. The Morgan fingerprint density at radius 1 is 1.12 bits per heavy atom. The fraction of sp³-hybridized carbons (Fsp3) is 0.263. The third kappa shape index (κ3) is 3.15. The molecule has 1 fully saturated rings. The van der Waals surface area contributed by atoms with Crippen LogP contribution in [-0.4, -0.2) is 18.4 Å². The molecule has 0 aromatic heterocycles. The second-order valence-electron chi connectivity index (χ2n) is 6.14. The van der Waals surface area contributed by atoms with Crippen molar-refractivity contribution >= 4 is 23.2 Å². The smallest absolute Gasteiger partial charge is 0.229 e. The number of nitrogens with one attached hydrogen (secondary N) is 1. The molecule has 1 saturated heterocycles. The van der Waals surface area contributed by atoms with Crippen LogP contribution in [0.4, 0.5) is 15.8 Å². The van der Waals surface area contributed by atoms with E-state index in [2.05, 4.69) is 5.32 Å². The summed E-state index contributed by atoms with van der Waals surface area (Å²) in [5, 5.41) is 2.94. The van der Waals surface area contributed by atoms with Crippen LogP contribution in [-0.2, 0) is 9.59 Å². The molecule has 2 amide bonds. The third-order valence-electron chi connectivity index (χ3n) is 4.36. The van der Waals surface area contributed by atoms with Gasteiger partial charge in [-0.1, -0.05) is 18.2 Å².